The molecular weight excluding hydrogens is 363 g/mol. The number of nitrogens with zero attached hydrogens (tertiary/aromatic N) is 3. The molecule has 1 saturated heterocycles. The topological polar surface area (TPSA) is 76.6 Å². The van der Waals surface area contributed by atoms with E-state index < -0.39 is 23.2 Å². The molecule has 27 heavy (non-hydrogen) atoms. The van der Waals surface area contributed by atoms with Crippen LogP contribution in [0.4, 0.5) is 18.0 Å². The zero-order valence-corrected chi connectivity index (χ0v) is 14.6. The highest BCUT2D eigenvalue weighted by molar-refractivity contribution is 5.85. The molecule has 1 aliphatic carbocycles. The number of amides is 2. The minimum atomic E-state index is -4.48. The van der Waals surface area contributed by atoms with Gasteiger partial charge in [-0.05, 0) is 30.4 Å². The van der Waals surface area contributed by atoms with Crippen molar-refractivity contribution in [1.82, 2.24) is 14.8 Å². The fourth-order valence-corrected chi connectivity index (χ4v) is 4.85. The van der Waals surface area contributed by atoms with Crippen LogP contribution in [-0.4, -0.2) is 46.4 Å². The summed E-state index contributed by atoms with van der Waals surface area (Å²) >= 11 is 0. The first-order valence-corrected chi connectivity index (χ1v) is 9.01. The largest absolute Gasteiger partial charge is 0.530 e. The van der Waals surface area contributed by atoms with Gasteiger partial charge in [0, 0.05) is 44.5 Å². The van der Waals surface area contributed by atoms with Crippen LogP contribution in [0.2, 0.25) is 0 Å². The highest BCUT2D eigenvalue weighted by Gasteiger charge is 2.56. The molecule has 2 unspecified atom stereocenters. The van der Waals surface area contributed by atoms with Crippen molar-refractivity contribution in [2.24, 2.45) is 11.3 Å². The van der Waals surface area contributed by atoms with Crippen molar-refractivity contribution in [3.63, 3.8) is 0 Å². The van der Waals surface area contributed by atoms with Crippen molar-refractivity contribution in [3.8, 4) is 0 Å². The van der Waals surface area contributed by atoms with Crippen LogP contribution in [-0.2, 0) is 23.9 Å². The second kappa shape index (κ2) is 6.10. The molecule has 6 nitrogen and oxygen atoms in total. The second-order valence-electron chi connectivity index (χ2n) is 7.70. The Balaban J connectivity index is 1.58. The molecule has 0 spiro atoms. The summed E-state index contributed by atoms with van der Waals surface area (Å²) in [6, 6.07) is 1.06. The number of likely N-dealkylation sites (tertiary alicyclic amines) is 1. The van der Waals surface area contributed by atoms with E-state index in [1.807, 2.05) is 0 Å². The van der Waals surface area contributed by atoms with E-state index >= 15 is 0 Å². The lowest BCUT2D eigenvalue weighted by Gasteiger charge is -2.37. The van der Waals surface area contributed by atoms with E-state index in [1.165, 1.54) is 4.90 Å². The van der Waals surface area contributed by atoms with E-state index in [2.05, 4.69) is 4.98 Å². The number of pyridine rings is 1. The number of hydrogen-bond donors (Lipinski definition) is 0. The van der Waals surface area contributed by atoms with Crippen molar-refractivity contribution >= 4 is 12.0 Å². The minimum absolute atomic E-state index is 0.0519. The normalized spacial score (nSPS) is 27.4. The first kappa shape index (κ1) is 18.1. The first-order chi connectivity index (χ1) is 12.7. The second-order valence-corrected chi connectivity index (χ2v) is 7.70. The molecule has 0 bridgehead atoms. The van der Waals surface area contributed by atoms with E-state index in [0.717, 1.165) is 25.1 Å². The fourth-order valence-electron chi connectivity index (χ4n) is 4.85. The van der Waals surface area contributed by atoms with Gasteiger partial charge in [0.1, 0.15) is 6.09 Å². The van der Waals surface area contributed by atoms with Crippen LogP contribution in [0.1, 0.15) is 36.1 Å². The van der Waals surface area contributed by atoms with E-state index in [9.17, 15) is 27.9 Å². The lowest BCUT2D eigenvalue weighted by atomic mass is 9.79. The summed E-state index contributed by atoms with van der Waals surface area (Å²) in [7, 11) is 0. The Kier molecular flexibility index (Phi) is 4.08. The molecule has 3 aliphatic rings. The lowest BCUT2D eigenvalue weighted by Crippen LogP contribution is -2.49. The lowest BCUT2D eigenvalue weighted by molar-refractivity contribution is -0.264. The minimum Gasteiger partial charge on any atom is -0.530 e. The number of carboxylic acid groups (broad SMARTS) is 1. The average molecular weight is 382 g/mol. The average Bonchev–Trinajstić information content (AvgIpc) is 3.17. The number of hydrogen-bond acceptors (Lipinski definition) is 4. The predicted molar refractivity (Wildman–Crippen MR) is 85.1 cm³/mol. The SMILES string of the molecule is O=C([O-])N1CC2CCCC2(C(=O)N2CCc3ncc(C(F)(F)F)cc3C2)C1. The Bertz CT molecular complexity index is 798. The number of carbonyl (C=O) groups is 2. The number of halogens is 3. The Hall–Kier alpha value is -2.32. The highest BCUT2D eigenvalue weighted by atomic mass is 19.4. The van der Waals surface area contributed by atoms with Gasteiger partial charge in [0.2, 0.25) is 5.91 Å². The van der Waals surface area contributed by atoms with Gasteiger partial charge in [0.25, 0.3) is 0 Å². The van der Waals surface area contributed by atoms with Gasteiger partial charge in [-0.3, -0.25) is 9.78 Å². The maximum absolute atomic E-state index is 13.3. The van der Waals surface area contributed by atoms with Gasteiger partial charge >= 0.3 is 6.18 Å². The molecule has 0 radical (unpaired) electrons. The Labute approximate surface area is 154 Å². The van der Waals surface area contributed by atoms with Crippen molar-refractivity contribution in [2.45, 2.75) is 38.4 Å². The third kappa shape index (κ3) is 2.93. The zero-order chi connectivity index (χ0) is 19.4. The molecule has 2 fully saturated rings. The maximum Gasteiger partial charge on any atom is 0.417 e. The molecule has 2 amide bonds. The van der Waals surface area contributed by atoms with Gasteiger partial charge in [-0.2, -0.15) is 13.2 Å². The zero-order valence-electron chi connectivity index (χ0n) is 14.6. The summed E-state index contributed by atoms with van der Waals surface area (Å²) in [6.07, 6.45) is -2.31. The third-order valence-electron chi connectivity index (χ3n) is 6.21. The fraction of sp³-hybridized carbons (Fsp3) is 0.611. The number of alkyl halides is 3. The highest BCUT2D eigenvalue weighted by Crippen LogP contribution is 2.50. The molecule has 1 aromatic heterocycles. The van der Waals surface area contributed by atoms with Crippen LogP contribution >= 0.6 is 0 Å². The van der Waals surface area contributed by atoms with Crippen molar-refractivity contribution < 1.29 is 27.9 Å². The van der Waals surface area contributed by atoms with E-state index in [-0.39, 0.29) is 31.5 Å². The van der Waals surface area contributed by atoms with E-state index in [0.29, 0.717) is 30.6 Å². The summed E-state index contributed by atoms with van der Waals surface area (Å²) in [6.45, 7) is 0.857. The first-order valence-electron chi connectivity index (χ1n) is 9.01. The number of aromatic nitrogens is 1. The van der Waals surface area contributed by atoms with Crippen LogP contribution in [0, 0.1) is 11.3 Å². The molecule has 9 heteroatoms. The molecule has 1 saturated carbocycles. The Morgan fingerprint density at radius 2 is 2.07 bits per heavy atom. The van der Waals surface area contributed by atoms with Gasteiger partial charge in [0.15, 0.2) is 0 Å². The van der Waals surface area contributed by atoms with Crippen LogP contribution in [0.15, 0.2) is 12.3 Å². The van der Waals surface area contributed by atoms with E-state index in [1.54, 1.807) is 4.90 Å². The monoisotopic (exact) mass is 382 g/mol. The standard InChI is InChI=1S/C18H20F3N3O3/c19-18(20,21)13-6-11-8-23(5-3-14(11)22-7-13)15(25)17-4-1-2-12(17)9-24(10-17)16(26)27/h6-7,12H,1-5,8-10H2,(H,26,27)/p-1. The van der Waals surface area contributed by atoms with Gasteiger partial charge < -0.3 is 19.7 Å². The van der Waals surface area contributed by atoms with Gasteiger partial charge in [-0.1, -0.05) is 6.42 Å². The predicted octanol–water partition coefficient (Wildman–Crippen LogP) is 1.43. The summed E-state index contributed by atoms with van der Waals surface area (Å²) in [5.41, 5.74) is -0.607. The molecule has 4 rings (SSSR count). The molecule has 146 valence electrons. The third-order valence-corrected chi connectivity index (χ3v) is 6.21. The quantitative estimate of drug-likeness (QED) is 0.736. The number of rotatable bonds is 1. The Morgan fingerprint density at radius 1 is 1.30 bits per heavy atom. The smallest absolute Gasteiger partial charge is 0.417 e. The van der Waals surface area contributed by atoms with Gasteiger partial charge in [0.05, 0.1) is 11.0 Å². The van der Waals surface area contributed by atoms with Gasteiger partial charge in [-0.25, -0.2) is 0 Å². The summed E-state index contributed by atoms with van der Waals surface area (Å²) < 4.78 is 38.9. The van der Waals surface area contributed by atoms with Crippen LogP contribution in [0.5, 0.6) is 0 Å². The van der Waals surface area contributed by atoms with Crippen molar-refractivity contribution in [2.75, 3.05) is 19.6 Å². The van der Waals surface area contributed by atoms with Crippen LogP contribution < -0.4 is 5.11 Å². The van der Waals surface area contributed by atoms with Crippen molar-refractivity contribution in [1.29, 1.82) is 0 Å². The van der Waals surface area contributed by atoms with Gasteiger partial charge in [-0.15, -0.1) is 0 Å². The van der Waals surface area contributed by atoms with E-state index in [4.69, 9.17) is 0 Å². The molecule has 0 aromatic carbocycles. The number of carbonyl (C=O) groups excluding carboxylic acids is 2. The van der Waals surface area contributed by atoms with Crippen molar-refractivity contribution in [3.05, 3.63) is 29.1 Å². The van der Waals surface area contributed by atoms with Crippen LogP contribution in [0.25, 0.3) is 0 Å². The molecule has 2 atom stereocenters. The molecule has 2 aliphatic heterocycles. The molecule has 1 aromatic rings. The summed E-state index contributed by atoms with van der Waals surface area (Å²) in [5, 5.41) is 11.2. The molecule has 0 N–H and O–H groups in total. The summed E-state index contributed by atoms with van der Waals surface area (Å²) in [5.74, 6) is -0.208. The number of fused-ring (bicyclic) bond motifs is 2. The summed E-state index contributed by atoms with van der Waals surface area (Å²) in [4.78, 5) is 31.2. The van der Waals surface area contributed by atoms with Crippen LogP contribution in [0.3, 0.4) is 0 Å². The maximum atomic E-state index is 13.3. The Morgan fingerprint density at radius 3 is 2.78 bits per heavy atom. The molecule has 3 heterocycles. The molecular formula is C18H19F3N3O3-.